The Morgan fingerprint density at radius 2 is 1.18 bits per heavy atom. The van der Waals surface area contributed by atoms with E-state index in [4.69, 9.17) is 0 Å². The van der Waals surface area contributed by atoms with Gasteiger partial charge in [0.2, 0.25) is 0 Å². The Balaban J connectivity index is 3.53. The molecular formula is C22H44. The second-order valence-electron chi connectivity index (χ2n) is 7.47. The number of allylic oxidation sites excluding steroid dienone is 2. The van der Waals surface area contributed by atoms with Crippen molar-refractivity contribution >= 4 is 0 Å². The first-order valence-corrected chi connectivity index (χ1v) is 10.3. The summed E-state index contributed by atoms with van der Waals surface area (Å²) in [5.41, 5.74) is 0. The molecule has 132 valence electrons. The third-order valence-electron chi connectivity index (χ3n) is 5.05. The highest BCUT2D eigenvalue weighted by atomic mass is 14.2. The molecule has 0 amide bonds. The fourth-order valence-corrected chi connectivity index (χ4v) is 3.36. The Hall–Kier alpha value is -0.260. The fourth-order valence-electron chi connectivity index (χ4n) is 3.36. The Morgan fingerprint density at radius 1 is 0.682 bits per heavy atom. The Bertz CT molecular complexity index is 226. The van der Waals surface area contributed by atoms with Gasteiger partial charge in [0, 0.05) is 0 Å². The van der Waals surface area contributed by atoms with Gasteiger partial charge in [0.1, 0.15) is 0 Å². The van der Waals surface area contributed by atoms with E-state index in [0.717, 1.165) is 11.8 Å². The standard InChI is InChI=1S/C22H44/c1-5-7-9-11-13-15-17-19-22(21(3)4)20-18-16-14-12-10-8-6-2/h5,7,21-22H,6,8-20H2,1-4H3/b7-5+. The predicted octanol–water partition coefficient (Wildman–Crippen LogP) is 8.32. The number of hydrogen-bond acceptors (Lipinski definition) is 0. The number of unbranched alkanes of at least 4 members (excludes halogenated alkanes) is 10. The molecule has 1 unspecified atom stereocenters. The first kappa shape index (κ1) is 21.7. The van der Waals surface area contributed by atoms with E-state index in [1.165, 1.54) is 89.9 Å². The molecule has 0 aliphatic rings. The van der Waals surface area contributed by atoms with Crippen molar-refractivity contribution in [3.05, 3.63) is 12.2 Å². The average molecular weight is 309 g/mol. The molecule has 0 aliphatic carbocycles. The van der Waals surface area contributed by atoms with E-state index in [1.807, 2.05) is 0 Å². The molecule has 0 nitrogen and oxygen atoms in total. The maximum Gasteiger partial charge on any atom is -0.0351 e. The molecule has 0 aliphatic heterocycles. The molecule has 0 saturated heterocycles. The molecule has 22 heavy (non-hydrogen) atoms. The van der Waals surface area contributed by atoms with Gasteiger partial charge in [0.25, 0.3) is 0 Å². The molecule has 0 aromatic carbocycles. The van der Waals surface area contributed by atoms with Crippen LogP contribution >= 0.6 is 0 Å². The van der Waals surface area contributed by atoms with Crippen molar-refractivity contribution in [1.82, 2.24) is 0 Å². The molecule has 1 atom stereocenters. The van der Waals surface area contributed by atoms with Gasteiger partial charge in [-0.15, -0.1) is 0 Å². The second-order valence-corrected chi connectivity index (χ2v) is 7.47. The van der Waals surface area contributed by atoms with Crippen molar-refractivity contribution in [3.8, 4) is 0 Å². The Labute approximate surface area is 142 Å². The number of hydrogen-bond donors (Lipinski definition) is 0. The topological polar surface area (TPSA) is 0 Å². The summed E-state index contributed by atoms with van der Waals surface area (Å²) >= 11 is 0. The lowest BCUT2D eigenvalue weighted by Crippen LogP contribution is -2.08. The first-order valence-electron chi connectivity index (χ1n) is 10.3. The molecule has 0 aromatic rings. The van der Waals surface area contributed by atoms with Gasteiger partial charge in [0.15, 0.2) is 0 Å². The highest BCUT2D eigenvalue weighted by molar-refractivity contribution is 4.76. The molecule has 0 bridgehead atoms. The van der Waals surface area contributed by atoms with E-state index in [9.17, 15) is 0 Å². The van der Waals surface area contributed by atoms with Crippen LogP contribution in [0.2, 0.25) is 0 Å². The third kappa shape index (κ3) is 14.7. The second kappa shape index (κ2) is 17.1. The largest absolute Gasteiger partial charge is 0.0917 e. The van der Waals surface area contributed by atoms with Gasteiger partial charge in [-0.3, -0.25) is 0 Å². The van der Waals surface area contributed by atoms with Gasteiger partial charge >= 0.3 is 0 Å². The minimum absolute atomic E-state index is 0.878. The SMILES string of the molecule is C/C=C/CCCCCCC(CCCCCCCCC)C(C)C. The first-order chi connectivity index (χ1) is 10.7. The summed E-state index contributed by atoms with van der Waals surface area (Å²) in [4.78, 5) is 0. The van der Waals surface area contributed by atoms with E-state index in [1.54, 1.807) is 0 Å². The van der Waals surface area contributed by atoms with Crippen LogP contribution in [0.1, 0.15) is 118 Å². The normalized spacial score (nSPS) is 13.3. The molecular weight excluding hydrogens is 264 g/mol. The lowest BCUT2D eigenvalue weighted by molar-refractivity contribution is 0.313. The van der Waals surface area contributed by atoms with Crippen molar-refractivity contribution in [3.63, 3.8) is 0 Å². The summed E-state index contributed by atoms with van der Waals surface area (Å²) in [5, 5.41) is 0. The smallest absolute Gasteiger partial charge is 0.0351 e. The molecule has 0 N–H and O–H groups in total. The summed E-state index contributed by atoms with van der Waals surface area (Å²) in [6, 6.07) is 0. The molecule has 0 fully saturated rings. The molecule has 0 aromatic heterocycles. The van der Waals surface area contributed by atoms with Gasteiger partial charge in [-0.25, -0.2) is 0 Å². The van der Waals surface area contributed by atoms with Crippen LogP contribution in [0.3, 0.4) is 0 Å². The van der Waals surface area contributed by atoms with Crippen LogP contribution in [-0.4, -0.2) is 0 Å². The summed E-state index contributed by atoms with van der Waals surface area (Å²) in [6.07, 6.45) is 24.5. The van der Waals surface area contributed by atoms with Crippen LogP contribution in [0.15, 0.2) is 12.2 Å². The van der Waals surface area contributed by atoms with Crippen molar-refractivity contribution in [2.24, 2.45) is 11.8 Å². The monoisotopic (exact) mass is 308 g/mol. The quantitative estimate of drug-likeness (QED) is 0.198. The van der Waals surface area contributed by atoms with Gasteiger partial charge in [-0.2, -0.15) is 0 Å². The van der Waals surface area contributed by atoms with E-state index < -0.39 is 0 Å². The van der Waals surface area contributed by atoms with Crippen LogP contribution in [0, 0.1) is 11.8 Å². The maximum absolute atomic E-state index is 2.43. The van der Waals surface area contributed by atoms with Gasteiger partial charge < -0.3 is 0 Å². The van der Waals surface area contributed by atoms with E-state index in [-0.39, 0.29) is 0 Å². The van der Waals surface area contributed by atoms with Crippen LogP contribution in [0.5, 0.6) is 0 Å². The van der Waals surface area contributed by atoms with Crippen molar-refractivity contribution in [1.29, 1.82) is 0 Å². The predicted molar refractivity (Wildman–Crippen MR) is 103 cm³/mol. The highest BCUT2D eigenvalue weighted by Gasteiger charge is 2.12. The van der Waals surface area contributed by atoms with Gasteiger partial charge in [0.05, 0.1) is 0 Å². The maximum atomic E-state index is 2.43. The van der Waals surface area contributed by atoms with Crippen LogP contribution in [-0.2, 0) is 0 Å². The fraction of sp³-hybridized carbons (Fsp3) is 0.909. The Kier molecular flexibility index (Phi) is 16.9. The molecule has 0 heteroatoms. The summed E-state index contributed by atoms with van der Waals surface area (Å²) < 4.78 is 0. The molecule has 0 saturated carbocycles. The molecule has 0 spiro atoms. The lowest BCUT2D eigenvalue weighted by atomic mass is 9.85. The average Bonchev–Trinajstić information content (AvgIpc) is 2.50. The third-order valence-corrected chi connectivity index (χ3v) is 5.05. The minimum Gasteiger partial charge on any atom is -0.0917 e. The van der Waals surface area contributed by atoms with E-state index in [2.05, 4.69) is 39.8 Å². The highest BCUT2D eigenvalue weighted by Crippen LogP contribution is 2.25. The van der Waals surface area contributed by atoms with Crippen LogP contribution in [0.25, 0.3) is 0 Å². The molecule has 0 radical (unpaired) electrons. The zero-order valence-corrected chi connectivity index (χ0v) is 16.2. The summed E-state index contributed by atoms with van der Waals surface area (Å²) in [6.45, 7) is 9.28. The van der Waals surface area contributed by atoms with Crippen molar-refractivity contribution in [2.75, 3.05) is 0 Å². The lowest BCUT2D eigenvalue weighted by Gasteiger charge is -2.20. The van der Waals surface area contributed by atoms with E-state index >= 15 is 0 Å². The summed E-state index contributed by atoms with van der Waals surface area (Å²) in [7, 11) is 0. The van der Waals surface area contributed by atoms with Crippen molar-refractivity contribution < 1.29 is 0 Å². The molecule has 0 rings (SSSR count). The Morgan fingerprint density at radius 3 is 1.68 bits per heavy atom. The van der Waals surface area contributed by atoms with Crippen LogP contribution < -0.4 is 0 Å². The zero-order valence-electron chi connectivity index (χ0n) is 16.2. The van der Waals surface area contributed by atoms with Gasteiger partial charge in [-0.1, -0.05) is 110 Å². The van der Waals surface area contributed by atoms with E-state index in [0.29, 0.717) is 0 Å². The zero-order chi connectivity index (χ0) is 16.5. The van der Waals surface area contributed by atoms with Crippen LogP contribution in [0.4, 0.5) is 0 Å². The van der Waals surface area contributed by atoms with Crippen molar-refractivity contribution in [2.45, 2.75) is 118 Å². The van der Waals surface area contributed by atoms with Gasteiger partial charge in [-0.05, 0) is 31.6 Å². The number of rotatable bonds is 16. The minimum atomic E-state index is 0.878. The molecule has 0 heterocycles. The summed E-state index contributed by atoms with van der Waals surface area (Å²) in [5.74, 6) is 1.86.